The molecule has 65 heavy (non-hydrogen) atoms. The number of amides is 1. The van der Waals surface area contributed by atoms with Crippen molar-refractivity contribution >= 4 is 11.7 Å². The average molecular weight is 913 g/mol. The lowest BCUT2D eigenvalue weighted by Crippen LogP contribution is -2.37. The second-order valence-corrected chi connectivity index (χ2v) is 15.3. The minimum atomic E-state index is -1.62. The number of ether oxygens (including phenoxy) is 9. The average Bonchev–Trinajstić information content (AvgIpc) is 3.76. The summed E-state index contributed by atoms with van der Waals surface area (Å²) in [6.07, 6.45) is -0.901. The summed E-state index contributed by atoms with van der Waals surface area (Å²) in [5.74, 6) is -0.203. The summed E-state index contributed by atoms with van der Waals surface area (Å²) < 4.78 is 51.9. The maximum absolute atomic E-state index is 12.7. The van der Waals surface area contributed by atoms with Gasteiger partial charge >= 0.3 is 0 Å². The van der Waals surface area contributed by atoms with E-state index in [-0.39, 0.29) is 46.8 Å². The summed E-state index contributed by atoms with van der Waals surface area (Å²) in [6.45, 7) is 9.74. The molecule has 2 aliphatic heterocycles. The van der Waals surface area contributed by atoms with Crippen molar-refractivity contribution in [2.45, 2.75) is 64.3 Å². The summed E-state index contributed by atoms with van der Waals surface area (Å²) in [5.41, 5.74) is 1.58. The van der Waals surface area contributed by atoms with Gasteiger partial charge in [-0.1, -0.05) is 31.2 Å². The van der Waals surface area contributed by atoms with Gasteiger partial charge in [0.2, 0.25) is 11.7 Å². The van der Waals surface area contributed by atoms with Gasteiger partial charge in [-0.15, -0.1) is 5.10 Å². The van der Waals surface area contributed by atoms with Crippen molar-refractivity contribution in [2.75, 3.05) is 80.2 Å². The van der Waals surface area contributed by atoms with Crippen LogP contribution in [0.25, 0.3) is 0 Å². The van der Waals surface area contributed by atoms with Gasteiger partial charge in [-0.3, -0.25) is 14.3 Å². The van der Waals surface area contributed by atoms with E-state index < -0.39 is 35.9 Å². The number of phenols is 3. The number of carbonyl (C=O) groups is 2. The Balaban J connectivity index is 0.000000248. The van der Waals surface area contributed by atoms with Crippen LogP contribution in [0.15, 0.2) is 54.7 Å². The first kappa shape index (κ1) is 50.3. The number of hydrogen-bond acceptors (Lipinski definition) is 18. The number of aliphatic hydroxyl groups excluding tert-OH is 2. The minimum Gasteiger partial charge on any atom is -0.508 e. The van der Waals surface area contributed by atoms with Gasteiger partial charge in [-0.05, 0) is 42.2 Å². The van der Waals surface area contributed by atoms with Crippen molar-refractivity contribution in [2.24, 2.45) is 5.92 Å². The number of aromatic nitrogens is 3. The molecule has 20 nitrogen and oxygen atoms in total. The third-order valence-electron chi connectivity index (χ3n) is 10.0. The minimum absolute atomic E-state index is 0.0281. The normalized spacial score (nSPS) is 17.5. The molecule has 3 heterocycles. The van der Waals surface area contributed by atoms with E-state index in [0.717, 1.165) is 24.7 Å². The van der Waals surface area contributed by atoms with Gasteiger partial charge in [-0.25, -0.2) is 0 Å². The molecule has 6 rings (SSSR count). The quantitative estimate of drug-likeness (QED) is 0.0551. The number of Topliss-reactive ketones (excluding diaryl/α,β-unsaturated/α-hetero) is 1. The highest BCUT2D eigenvalue weighted by molar-refractivity contribution is 6.05. The molecule has 6 N–H and O–H groups in total. The predicted molar refractivity (Wildman–Crippen MR) is 231 cm³/mol. The molecule has 0 radical (unpaired) electrons. The van der Waals surface area contributed by atoms with Crippen LogP contribution in [0.4, 0.5) is 0 Å². The van der Waals surface area contributed by atoms with E-state index in [1.807, 2.05) is 10.9 Å². The van der Waals surface area contributed by atoms with Crippen LogP contribution in [0.5, 0.6) is 40.2 Å². The zero-order valence-electron chi connectivity index (χ0n) is 37.1. The fourth-order valence-corrected chi connectivity index (χ4v) is 6.53. The van der Waals surface area contributed by atoms with Gasteiger partial charge in [0, 0.05) is 37.7 Å². The standard InChI is InChI=1S/C25H22O10.C20H38N4O6/c1-32-17-6-11(2-4-14(17)28)24-20(10-26)33-16-5-3-12(7-18(16)34-24)25-23(31)22(30)21-15(29)8-13(27)9-19(21)35-25;1-18(2)4-6-24-16-19(22-23-24)17-30-15-14-29-13-12-28-11-10-27-9-8-26-7-5-20(25)21-3/h2-9,20,23-29,31H,10H2,1H3;16,18H,4-15,17H2,1-3H3,(H,21,25)/t20-,23+,24-,25-;/m1./s1. The fraction of sp³-hybridized carbons (Fsp3) is 0.511. The third kappa shape index (κ3) is 14.9. The van der Waals surface area contributed by atoms with Gasteiger partial charge in [0.15, 0.2) is 47.4 Å². The van der Waals surface area contributed by atoms with Gasteiger partial charge in [-0.2, -0.15) is 0 Å². The number of nitrogens with zero attached hydrogens (tertiary/aromatic N) is 3. The van der Waals surface area contributed by atoms with Crippen LogP contribution in [-0.4, -0.2) is 145 Å². The molecule has 0 saturated heterocycles. The van der Waals surface area contributed by atoms with Gasteiger partial charge < -0.3 is 73.5 Å². The van der Waals surface area contributed by atoms with E-state index in [1.165, 1.54) is 19.2 Å². The van der Waals surface area contributed by atoms with Gasteiger partial charge in [0.25, 0.3) is 0 Å². The lowest BCUT2D eigenvalue weighted by Gasteiger charge is -2.35. The molecule has 0 fully saturated rings. The lowest BCUT2D eigenvalue weighted by molar-refractivity contribution is -0.121. The zero-order valence-corrected chi connectivity index (χ0v) is 37.1. The number of phenolic OH excluding ortho intramolecular Hbond substituents is 3. The van der Waals surface area contributed by atoms with Crippen LogP contribution in [0, 0.1) is 5.92 Å². The molecule has 2 aliphatic rings. The molecular formula is C45H60N4O16. The van der Waals surface area contributed by atoms with E-state index in [4.69, 9.17) is 42.6 Å². The van der Waals surface area contributed by atoms with Crippen molar-refractivity contribution in [1.82, 2.24) is 20.3 Å². The Hall–Kier alpha value is -5.74. The smallest absolute Gasteiger partial charge is 0.222 e. The number of nitrogens with one attached hydrogen (secondary N) is 1. The van der Waals surface area contributed by atoms with Crippen LogP contribution in [0.1, 0.15) is 66.1 Å². The molecule has 1 amide bonds. The summed E-state index contributed by atoms with van der Waals surface area (Å²) in [6, 6.07) is 11.5. The molecule has 0 bridgehead atoms. The number of aromatic hydroxyl groups is 3. The van der Waals surface area contributed by atoms with Crippen LogP contribution in [-0.2, 0) is 41.6 Å². The Morgan fingerprint density at radius 3 is 2.06 bits per heavy atom. The second-order valence-electron chi connectivity index (χ2n) is 15.3. The Bertz CT molecular complexity index is 2120. The predicted octanol–water partition coefficient (Wildman–Crippen LogP) is 3.41. The number of ketones is 1. The van der Waals surface area contributed by atoms with Gasteiger partial charge in [0.05, 0.1) is 86.0 Å². The first-order chi connectivity index (χ1) is 31.4. The van der Waals surface area contributed by atoms with E-state index in [9.17, 15) is 35.1 Å². The van der Waals surface area contributed by atoms with E-state index in [0.29, 0.717) is 95.3 Å². The number of benzene rings is 3. The second kappa shape index (κ2) is 25.7. The lowest BCUT2D eigenvalue weighted by atomic mass is 9.92. The molecule has 356 valence electrons. The molecule has 20 heteroatoms. The number of hydrogen-bond donors (Lipinski definition) is 6. The van der Waals surface area contributed by atoms with Crippen LogP contribution in [0.3, 0.4) is 0 Å². The van der Waals surface area contributed by atoms with Crippen molar-refractivity contribution in [1.29, 1.82) is 0 Å². The number of carbonyl (C=O) groups excluding carboxylic acids is 2. The molecule has 1 aromatic heterocycles. The largest absolute Gasteiger partial charge is 0.508 e. The van der Waals surface area contributed by atoms with E-state index in [1.54, 1.807) is 37.4 Å². The maximum atomic E-state index is 12.7. The first-order valence-corrected chi connectivity index (χ1v) is 21.3. The Morgan fingerprint density at radius 2 is 1.42 bits per heavy atom. The molecule has 4 atom stereocenters. The Labute approximate surface area is 376 Å². The highest BCUT2D eigenvalue weighted by atomic mass is 16.6. The maximum Gasteiger partial charge on any atom is 0.222 e. The highest BCUT2D eigenvalue weighted by Gasteiger charge is 2.40. The van der Waals surface area contributed by atoms with Crippen molar-refractivity contribution < 1.29 is 77.8 Å². The summed E-state index contributed by atoms with van der Waals surface area (Å²) >= 11 is 0. The monoisotopic (exact) mass is 912 g/mol. The van der Waals surface area contributed by atoms with Crippen LogP contribution in [0.2, 0.25) is 0 Å². The number of aliphatic hydroxyl groups is 2. The molecular weight excluding hydrogens is 853 g/mol. The molecule has 0 unspecified atom stereocenters. The van der Waals surface area contributed by atoms with Crippen molar-refractivity contribution in [3.05, 3.63) is 77.1 Å². The molecule has 0 spiro atoms. The SMILES string of the molecule is CNC(=O)CCOCCOCCOCCOCCOCc1cn(CCC(C)C)nn1.COc1cc([C@H]2Oc3cc([C@H]4Oc5cc(O)cc(O)c5C(=O)[C@@H]4O)ccc3O[C@@H]2CO)ccc1O. The van der Waals surface area contributed by atoms with E-state index >= 15 is 0 Å². The number of methoxy groups -OCH3 is 1. The number of rotatable bonds is 24. The molecule has 0 saturated carbocycles. The van der Waals surface area contributed by atoms with Gasteiger partial charge in [0.1, 0.15) is 28.5 Å². The Morgan fingerprint density at radius 1 is 0.785 bits per heavy atom. The molecule has 0 aliphatic carbocycles. The molecule has 3 aromatic carbocycles. The number of fused-ring (bicyclic) bond motifs is 2. The molecule has 4 aromatic rings. The van der Waals surface area contributed by atoms with Crippen molar-refractivity contribution in [3.8, 4) is 40.2 Å². The Kier molecular flexibility index (Phi) is 19.9. The zero-order chi connectivity index (χ0) is 46.7. The summed E-state index contributed by atoms with van der Waals surface area (Å²) in [7, 11) is 3.02. The van der Waals surface area contributed by atoms with E-state index in [2.05, 4.69) is 29.5 Å². The topological polar surface area (TPSA) is 261 Å². The summed E-state index contributed by atoms with van der Waals surface area (Å²) in [4.78, 5) is 23.7. The number of aryl methyl sites for hydroxylation is 1. The van der Waals surface area contributed by atoms with Crippen molar-refractivity contribution in [3.63, 3.8) is 0 Å². The van der Waals surface area contributed by atoms with Crippen LogP contribution >= 0.6 is 0 Å². The highest BCUT2D eigenvalue weighted by Crippen LogP contribution is 2.46. The first-order valence-electron chi connectivity index (χ1n) is 21.3. The third-order valence-corrected chi connectivity index (χ3v) is 10.0. The fourth-order valence-electron chi connectivity index (χ4n) is 6.53. The summed E-state index contributed by atoms with van der Waals surface area (Å²) in [5, 5.41) is 61.0. The van der Waals surface area contributed by atoms with Crippen LogP contribution < -0.4 is 24.3 Å².